The summed E-state index contributed by atoms with van der Waals surface area (Å²) < 4.78 is 11.4. The first-order valence-corrected chi connectivity index (χ1v) is 12.6. The topological polar surface area (TPSA) is 35.5 Å². The Balaban J connectivity index is 1.45. The maximum absolute atomic E-state index is 12.1. The summed E-state index contributed by atoms with van der Waals surface area (Å²) in [7, 11) is 0. The van der Waals surface area contributed by atoms with E-state index in [4.69, 9.17) is 9.47 Å². The van der Waals surface area contributed by atoms with E-state index in [0.717, 1.165) is 35.1 Å². The van der Waals surface area contributed by atoms with Crippen molar-refractivity contribution in [2.75, 3.05) is 6.61 Å². The maximum atomic E-state index is 12.1. The highest BCUT2D eigenvalue weighted by molar-refractivity contribution is 5.89. The van der Waals surface area contributed by atoms with E-state index in [-0.39, 0.29) is 5.97 Å². The zero-order chi connectivity index (χ0) is 24.0. The molecule has 0 aliphatic heterocycles. The molecule has 0 saturated carbocycles. The van der Waals surface area contributed by atoms with Gasteiger partial charge in [-0.05, 0) is 60.5 Å². The highest BCUT2D eigenvalue weighted by Gasteiger charge is 2.09. The van der Waals surface area contributed by atoms with Gasteiger partial charge in [-0.15, -0.1) is 0 Å². The number of fused-ring (bicyclic) bond motifs is 1. The van der Waals surface area contributed by atoms with Gasteiger partial charge < -0.3 is 9.47 Å². The zero-order valence-electron chi connectivity index (χ0n) is 20.5. The molecule has 34 heavy (non-hydrogen) atoms. The molecule has 0 radical (unpaired) electrons. The quantitative estimate of drug-likeness (QED) is 0.158. The number of carbonyl (C=O) groups is 1. The molecule has 1 atom stereocenters. The summed E-state index contributed by atoms with van der Waals surface area (Å²) in [5.41, 5.74) is 1.42. The fourth-order valence-corrected chi connectivity index (χ4v) is 3.83. The fourth-order valence-electron chi connectivity index (χ4n) is 3.83. The summed E-state index contributed by atoms with van der Waals surface area (Å²) in [5, 5.41) is 2.24. The lowest BCUT2D eigenvalue weighted by molar-refractivity contribution is 0.0438. The minimum Gasteiger partial charge on any atom is -0.494 e. The summed E-state index contributed by atoms with van der Waals surface area (Å²) in [4.78, 5) is 12.1. The van der Waals surface area contributed by atoms with Crippen molar-refractivity contribution in [3.8, 4) is 17.6 Å². The third-order valence-electron chi connectivity index (χ3n) is 5.79. The van der Waals surface area contributed by atoms with Crippen LogP contribution in [0.15, 0.2) is 66.7 Å². The summed E-state index contributed by atoms with van der Waals surface area (Å²) in [5.74, 6) is 6.69. The molecule has 0 amide bonds. The Morgan fingerprint density at radius 3 is 2.26 bits per heavy atom. The number of carbonyl (C=O) groups excluding carboxylic acids is 1. The average molecular weight is 457 g/mol. The zero-order valence-corrected chi connectivity index (χ0v) is 20.5. The minimum absolute atomic E-state index is 0.361. The molecule has 0 spiro atoms. The first-order chi connectivity index (χ1) is 16.7. The normalized spacial score (nSPS) is 11.5. The van der Waals surface area contributed by atoms with Gasteiger partial charge in [0.2, 0.25) is 0 Å². The van der Waals surface area contributed by atoms with E-state index < -0.39 is 6.10 Å². The predicted molar refractivity (Wildman–Crippen MR) is 140 cm³/mol. The average Bonchev–Trinajstić information content (AvgIpc) is 2.87. The summed E-state index contributed by atoms with van der Waals surface area (Å²) >= 11 is 0. The summed E-state index contributed by atoms with van der Waals surface area (Å²) in [6.07, 6.45) is 9.90. The number of hydrogen-bond donors (Lipinski definition) is 0. The van der Waals surface area contributed by atoms with Gasteiger partial charge in [0, 0.05) is 5.56 Å². The summed E-state index contributed by atoms with van der Waals surface area (Å²) in [6, 6.07) is 21.2. The van der Waals surface area contributed by atoms with Gasteiger partial charge in [0.15, 0.2) is 6.10 Å². The molecule has 0 fully saturated rings. The maximum Gasteiger partial charge on any atom is 0.339 e. The van der Waals surface area contributed by atoms with Crippen LogP contribution in [-0.2, 0) is 4.74 Å². The monoisotopic (exact) mass is 456 g/mol. The van der Waals surface area contributed by atoms with Crippen molar-refractivity contribution in [1.82, 2.24) is 0 Å². The van der Waals surface area contributed by atoms with Crippen molar-refractivity contribution in [3.05, 3.63) is 77.9 Å². The smallest absolute Gasteiger partial charge is 0.339 e. The number of hydrogen-bond acceptors (Lipinski definition) is 3. The van der Waals surface area contributed by atoms with E-state index in [0.29, 0.717) is 5.56 Å². The van der Waals surface area contributed by atoms with Gasteiger partial charge in [0.05, 0.1) is 12.2 Å². The molecule has 0 aliphatic rings. The van der Waals surface area contributed by atoms with Gasteiger partial charge in [-0.25, -0.2) is 4.79 Å². The second-order valence-electron chi connectivity index (χ2n) is 8.73. The molecule has 0 aliphatic carbocycles. The molecule has 0 bridgehead atoms. The number of rotatable bonds is 12. The molecule has 178 valence electrons. The first kappa shape index (κ1) is 25.4. The number of ether oxygens (including phenoxy) is 2. The fraction of sp³-hybridized carbons (Fsp3) is 0.387. The summed E-state index contributed by atoms with van der Waals surface area (Å²) in [6.45, 7) is 4.81. The van der Waals surface area contributed by atoms with Crippen LogP contribution in [0, 0.1) is 11.8 Å². The highest BCUT2D eigenvalue weighted by atomic mass is 16.5. The van der Waals surface area contributed by atoms with Gasteiger partial charge >= 0.3 is 5.97 Å². The van der Waals surface area contributed by atoms with Crippen LogP contribution in [0.5, 0.6) is 5.75 Å². The largest absolute Gasteiger partial charge is 0.494 e. The van der Waals surface area contributed by atoms with Crippen LogP contribution >= 0.6 is 0 Å². The van der Waals surface area contributed by atoms with Crippen molar-refractivity contribution in [2.45, 2.75) is 71.3 Å². The lowest BCUT2D eigenvalue weighted by Crippen LogP contribution is -2.13. The lowest BCUT2D eigenvalue weighted by atomic mass is 10.1. The predicted octanol–water partition coefficient (Wildman–Crippen LogP) is 7.96. The van der Waals surface area contributed by atoms with Gasteiger partial charge in [0.25, 0.3) is 0 Å². The second kappa shape index (κ2) is 14.1. The molecule has 0 saturated heterocycles. The standard InChI is InChI=1S/C31H36O3/c1-3-4-5-6-7-8-9-13-22-33-30-21-20-28-23-26(18-19-29(28)24-30)17-16-25(2)34-31(32)27-14-11-10-12-15-27/h10-12,14-15,18-21,23-25H,3-9,13,22H2,1-2H3. The van der Waals surface area contributed by atoms with E-state index in [1.54, 1.807) is 19.1 Å². The van der Waals surface area contributed by atoms with Crippen molar-refractivity contribution in [1.29, 1.82) is 0 Å². The van der Waals surface area contributed by atoms with Crippen LogP contribution < -0.4 is 4.74 Å². The van der Waals surface area contributed by atoms with E-state index in [2.05, 4.69) is 43.0 Å². The molecule has 3 aromatic carbocycles. The van der Waals surface area contributed by atoms with Crippen molar-refractivity contribution >= 4 is 16.7 Å². The van der Waals surface area contributed by atoms with Crippen LogP contribution in [0.25, 0.3) is 10.8 Å². The Morgan fingerprint density at radius 1 is 0.824 bits per heavy atom. The lowest BCUT2D eigenvalue weighted by Gasteiger charge is -2.08. The van der Waals surface area contributed by atoms with Crippen LogP contribution in [0.1, 0.15) is 81.1 Å². The van der Waals surface area contributed by atoms with Crippen molar-refractivity contribution in [3.63, 3.8) is 0 Å². The second-order valence-corrected chi connectivity index (χ2v) is 8.73. The molecule has 0 heterocycles. The van der Waals surface area contributed by atoms with Gasteiger partial charge in [0.1, 0.15) is 5.75 Å². The number of esters is 1. The van der Waals surface area contributed by atoms with E-state index in [1.807, 2.05) is 30.3 Å². The van der Waals surface area contributed by atoms with E-state index >= 15 is 0 Å². The Kier molecular flexibility index (Phi) is 10.5. The molecule has 0 N–H and O–H groups in total. The van der Waals surface area contributed by atoms with Crippen LogP contribution in [0.4, 0.5) is 0 Å². The van der Waals surface area contributed by atoms with Crippen LogP contribution in [-0.4, -0.2) is 18.7 Å². The Bertz CT molecular complexity index is 1090. The molecule has 0 aromatic heterocycles. The van der Waals surface area contributed by atoms with Crippen LogP contribution in [0.3, 0.4) is 0 Å². The Morgan fingerprint density at radius 2 is 1.50 bits per heavy atom. The van der Waals surface area contributed by atoms with Gasteiger partial charge in [-0.3, -0.25) is 0 Å². The minimum atomic E-state index is -0.490. The van der Waals surface area contributed by atoms with Crippen LogP contribution in [0.2, 0.25) is 0 Å². The SMILES string of the molecule is CCCCCCCCCCOc1ccc2cc(C#CC(C)OC(=O)c3ccccc3)ccc2c1. The molecule has 3 heteroatoms. The first-order valence-electron chi connectivity index (χ1n) is 12.6. The van der Waals surface area contributed by atoms with Crippen molar-refractivity contribution < 1.29 is 14.3 Å². The molecule has 3 aromatic rings. The molecular formula is C31H36O3. The molecule has 1 unspecified atom stereocenters. The third kappa shape index (κ3) is 8.60. The molecule has 3 rings (SSSR count). The Labute approximate surface area is 204 Å². The van der Waals surface area contributed by atoms with E-state index in [1.165, 1.54) is 44.9 Å². The van der Waals surface area contributed by atoms with Crippen molar-refractivity contribution in [2.24, 2.45) is 0 Å². The van der Waals surface area contributed by atoms with Gasteiger partial charge in [-0.1, -0.05) is 94.0 Å². The van der Waals surface area contributed by atoms with Gasteiger partial charge in [-0.2, -0.15) is 0 Å². The van der Waals surface area contributed by atoms with E-state index in [9.17, 15) is 4.79 Å². The third-order valence-corrected chi connectivity index (χ3v) is 5.79. The molecule has 3 nitrogen and oxygen atoms in total. The Hall–Kier alpha value is -3.25. The number of benzene rings is 3. The molecular weight excluding hydrogens is 420 g/mol. The highest BCUT2D eigenvalue weighted by Crippen LogP contribution is 2.22. The number of unbranched alkanes of at least 4 members (excludes halogenated alkanes) is 7.